The van der Waals surface area contributed by atoms with E-state index >= 15 is 0 Å². The van der Waals surface area contributed by atoms with E-state index in [4.69, 9.17) is 4.43 Å². The molecule has 0 saturated carbocycles. The van der Waals surface area contributed by atoms with Crippen LogP contribution in [-0.2, 0) is 4.43 Å². The Labute approximate surface area is 148 Å². The first kappa shape index (κ1) is 18.7. The van der Waals surface area contributed by atoms with E-state index in [0.29, 0.717) is 0 Å². The molecule has 2 heteroatoms. The van der Waals surface area contributed by atoms with Gasteiger partial charge in [0.1, 0.15) is 0 Å². The van der Waals surface area contributed by atoms with Crippen LogP contribution in [0.2, 0.25) is 5.04 Å². The molecule has 0 aromatic heterocycles. The molecule has 0 fully saturated rings. The summed E-state index contributed by atoms with van der Waals surface area (Å²) in [6, 6.07) is 21.6. The molecule has 0 aliphatic carbocycles. The van der Waals surface area contributed by atoms with Crippen molar-refractivity contribution in [2.75, 3.05) is 6.61 Å². The highest BCUT2D eigenvalue weighted by Gasteiger charge is 2.49. The van der Waals surface area contributed by atoms with Gasteiger partial charge in [-0.2, -0.15) is 0 Å². The summed E-state index contributed by atoms with van der Waals surface area (Å²) in [7, 11) is -2.35. The van der Waals surface area contributed by atoms with E-state index in [0.717, 1.165) is 25.9 Å². The largest absolute Gasteiger partial charge is 0.407 e. The van der Waals surface area contributed by atoms with E-state index in [9.17, 15) is 0 Å². The normalized spacial score (nSPS) is 12.1. The van der Waals surface area contributed by atoms with Crippen LogP contribution in [0.1, 0.15) is 40.0 Å². The lowest BCUT2D eigenvalue weighted by molar-refractivity contribution is 0.288. The van der Waals surface area contributed by atoms with Gasteiger partial charge in [-0.1, -0.05) is 94.1 Å². The number of benzene rings is 2. The third-order valence-corrected chi connectivity index (χ3v) is 9.53. The van der Waals surface area contributed by atoms with Gasteiger partial charge < -0.3 is 4.43 Å². The molecular weight excluding hydrogens is 308 g/mol. The van der Waals surface area contributed by atoms with Gasteiger partial charge in [0.15, 0.2) is 0 Å². The first-order valence-electron chi connectivity index (χ1n) is 8.77. The van der Waals surface area contributed by atoms with Crippen LogP contribution in [0.4, 0.5) is 0 Å². The molecule has 0 N–H and O–H groups in total. The van der Waals surface area contributed by atoms with Crippen molar-refractivity contribution in [1.29, 1.82) is 0 Å². The predicted octanol–water partition coefficient (Wildman–Crippen LogP) is 4.72. The molecule has 0 amide bonds. The molecule has 127 valence electrons. The van der Waals surface area contributed by atoms with Gasteiger partial charge in [-0.15, -0.1) is 0 Å². The van der Waals surface area contributed by atoms with Crippen molar-refractivity contribution >= 4 is 18.7 Å². The van der Waals surface area contributed by atoms with Gasteiger partial charge in [0.25, 0.3) is 8.32 Å². The zero-order valence-corrected chi connectivity index (χ0v) is 16.2. The van der Waals surface area contributed by atoms with Crippen LogP contribution >= 0.6 is 0 Å². The average Bonchev–Trinajstić information content (AvgIpc) is 2.59. The maximum atomic E-state index is 6.80. The Balaban J connectivity index is 2.43. The fraction of sp³-hybridized carbons (Fsp3) is 0.364. The molecule has 0 unspecified atom stereocenters. The van der Waals surface area contributed by atoms with E-state index in [1.165, 1.54) is 10.4 Å². The minimum atomic E-state index is -2.35. The fourth-order valence-corrected chi connectivity index (χ4v) is 7.94. The lowest BCUT2D eigenvalue weighted by Gasteiger charge is -2.43. The first-order chi connectivity index (χ1) is 11.5. The Bertz CT molecular complexity index is 574. The first-order valence-corrected chi connectivity index (χ1v) is 10.7. The molecule has 2 rings (SSSR count). The average molecular weight is 338 g/mol. The van der Waals surface area contributed by atoms with Crippen LogP contribution in [0.15, 0.2) is 67.2 Å². The summed E-state index contributed by atoms with van der Waals surface area (Å²) >= 11 is 0. The number of rotatable bonds is 8. The molecular formula is C22H29OSi. The maximum Gasteiger partial charge on any atom is 0.261 e. The lowest BCUT2D eigenvalue weighted by Crippen LogP contribution is -2.66. The molecule has 0 spiro atoms. The number of hydrogen-bond donors (Lipinski definition) is 0. The van der Waals surface area contributed by atoms with E-state index in [1.807, 2.05) is 0 Å². The van der Waals surface area contributed by atoms with Crippen molar-refractivity contribution in [1.82, 2.24) is 0 Å². The topological polar surface area (TPSA) is 9.23 Å². The molecule has 0 aliphatic heterocycles. The lowest BCUT2D eigenvalue weighted by atomic mass is 10.2. The Morgan fingerprint density at radius 1 is 0.875 bits per heavy atom. The van der Waals surface area contributed by atoms with E-state index < -0.39 is 8.32 Å². The van der Waals surface area contributed by atoms with Crippen molar-refractivity contribution in [2.45, 2.75) is 45.1 Å². The summed E-state index contributed by atoms with van der Waals surface area (Å²) in [5.41, 5.74) is 0. The van der Waals surface area contributed by atoms with Crippen molar-refractivity contribution in [2.24, 2.45) is 0 Å². The summed E-state index contributed by atoms with van der Waals surface area (Å²) < 4.78 is 6.80. The zero-order chi connectivity index (χ0) is 17.5. The number of allylic oxidation sites excluding steroid dienone is 1. The summed E-state index contributed by atoms with van der Waals surface area (Å²) in [6.45, 7) is 11.4. The van der Waals surface area contributed by atoms with E-state index in [1.54, 1.807) is 0 Å². The Hall–Kier alpha value is -1.64. The summed E-state index contributed by atoms with van der Waals surface area (Å²) in [6.07, 6.45) is 6.03. The predicted molar refractivity (Wildman–Crippen MR) is 106 cm³/mol. The maximum absolute atomic E-state index is 6.80. The highest BCUT2D eigenvalue weighted by Crippen LogP contribution is 2.36. The second kappa shape index (κ2) is 8.45. The van der Waals surface area contributed by atoms with Crippen LogP contribution in [0.3, 0.4) is 0 Å². The Morgan fingerprint density at radius 3 is 1.79 bits per heavy atom. The fourth-order valence-electron chi connectivity index (χ4n) is 3.34. The smallest absolute Gasteiger partial charge is 0.261 e. The molecule has 0 heterocycles. The second-order valence-corrected chi connectivity index (χ2v) is 11.5. The quantitative estimate of drug-likeness (QED) is 0.500. The molecule has 1 nitrogen and oxygen atoms in total. The molecule has 1 radical (unpaired) electrons. The molecule has 0 saturated heterocycles. The molecule has 0 aliphatic rings. The number of unbranched alkanes of at least 4 members (excludes halogenated alkanes) is 2. The minimum absolute atomic E-state index is 0.0558. The van der Waals surface area contributed by atoms with Gasteiger partial charge in [0, 0.05) is 6.61 Å². The van der Waals surface area contributed by atoms with Crippen LogP contribution in [0, 0.1) is 6.08 Å². The third kappa shape index (κ3) is 4.06. The zero-order valence-electron chi connectivity index (χ0n) is 15.2. The van der Waals surface area contributed by atoms with Crippen molar-refractivity contribution in [3.63, 3.8) is 0 Å². The summed E-state index contributed by atoms with van der Waals surface area (Å²) in [4.78, 5) is 0. The van der Waals surface area contributed by atoms with Crippen molar-refractivity contribution in [3.8, 4) is 0 Å². The molecule has 2 aromatic carbocycles. The van der Waals surface area contributed by atoms with E-state index in [-0.39, 0.29) is 5.04 Å². The minimum Gasteiger partial charge on any atom is -0.407 e. The van der Waals surface area contributed by atoms with Crippen LogP contribution in [-0.4, -0.2) is 14.9 Å². The van der Waals surface area contributed by atoms with Crippen LogP contribution < -0.4 is 10.4 Å². The van der Waals surface area contributed by atoms with Crippen LogP contribution in [0.5, 0.6) is 0 Å². The molecule has 0 atom stereocenters. The SMILES string of the molecule is C=[C]CCCCO[Si](c1ccccc1)(c1ccccc1)C(C)(C)C. The van der Waals surface area contributed by atoms with E-state index in [2.05, 4.69) is 94.1 Å². The standard InChI is InChI=1S/C22H29OSi/c1-5-6-7-14-19-23-24(22(2,3)4,20-15-10-8-11-16-20)21-17-12-9-13-18-21/h8-13,15-18H,1,6-7,14,19H2,2-4H3. The monoisotopic (exact) mass is 337 g/mol. The van der Waals surface area contributed by atoms with Crippen molar-refractivity contribution in [3.05, 3.63) is 73.3 Å². The third-order valence-electron chi connectivity index (χ3n) is 4.48. The van der Waals surface area contributed by atoms with Crippen molar-refractivity contribution < 1.29 is 4.43 Å². The highest BCUT2D eigenvalue weighted by atomic mass is 28.4. The summed E-state index contributed by atoms with van der Waals surface area (Å²) in [5, 5.41) is 2.75. The van der Waals surface area contributed by atoms with Gasteiger partial charge >= 0.3 is 0 Å². The van der Waals surface area contributed by atoms with Gasteiger partial charge in [-0.05, 0) is 34.7 Å². The van der Waals surface area contributed by atoms with Gasteiger partial charge in [-0.3, -0.25) is 0 Å². The Kier molecular flexibility index (Phi) is 6.58. The second-order valence-electron chi connectivity index (χ2n) is 7.22. The highest BCUT2D eigenvalue weighted by molar-refractivity contribution is 6.99. The molecule has 24 heavy (non-hydrogen) atoms. The van der Waals surface area contributed by atoms with Gasteiger partial charge in [0.2, 0.25) is 0 Å². The molecule has 0 bridgehead atoms. The Morgan fingerprint density at radius 2 is 1.38 bits per heavy atom. The van der Waals surface area contributed by atoms with Gasteiger partial charge in [-0.25, -0.2) is 0 Å². The summed E-state index contributed by atoms with van der Waals surface area (Å²) in [5.74, 6) is 0. The van der Waals surface area contributed by atoms with Gasteiger partial charge in [0.05, 0.1) is 0 Å². The molecule has 2 aromatic rings. The van der Waals surface area contributed by atoms with Crippen LogP contribution in [0.25, 0.3) is 0 Å². The number of hydrogen-bond acceptors (Lipinski definition) is 1.